The highest BCUT2D eigenvalue weighted by Gasteiger charge is 2.51. The third-order valence-electron chi connectivity index (χ3n) is 8.72. The van der Waals surface area contributed by atoms with Crippen LogP contribution in [0.4, 0.5) is 4.79 Å². The van der Waals surface area contributed by atoms with Gasteiger partial charge in [-0.25, -0.2) is 4.79 Å². The zero-order valence-electron chi connectivity index (χ0n) is 17.6. The van der Waals surface area contributed by atoms with Crippen LogP contribution in [0, 0.1) is 23.7 Å². The molecule has 0 aromatic heterocycles. The van der Waals surface area contributed by atoms with E-state index in [-0.39, 0.29) is 11.6 Å². The van der Waals surface area contributed by atoms with E-state index < -0.39 is 0 Å². The van der Waals surface area contributed by atoms with Crippen LogP contribution in [-0.4, -0.2) is 30.3 Å². The van der Waals surface area contributed by atoms with Gasteiger partial charge in [-0.3, -0.25) is 0 Å². The number of carbonyl (C=O) groups is 1. The first kappa shape index (κ1) is 19.2. The highest BCUT2D eigenvalue weighted by Crippen LogP contribution is 2.55. The summed E-state index contributed by atoms with van der Waals surface area (Å²) >= 11 is 0. The summed E-state index contributed by atoms with van der Waals surface area (Å²) in [5, 5.41) is 6.78. The number of urea groups is 1. The van der Waals surface area contributed by atoms with Gasteiger partial charge >= 0.3 is 6.03 Å². The summed E-state index contributed by atoms with van der Waals surface area (Å²) in [6, 6.07) is 0.442. The first-order chi connectivity index (χ1) is 13.7. The monoisotopic (exact) mass is 388 g/mol. The molecule has 0 saturated heterocycles. The number of ether oxygens (including phenoxy) is 1. The summed E-state index contributed by atoms with van der Waals surface area (Å²) in [6.45, 7) is 0.968. The van der Waals surface area contributed by atoms with Crippen molar-refractivity contribution in [3.05, 3.63) is 0 Å². The number of amides is 2. The van der Waals surface area contributed by atoms with Crippen LogP contribution in [-0.2, 0) is 4.74 Å². The van der Waals surface area contributed by atoms with Gasteiger partial charge in [-0.1, -0.05) is 19.3 Å². The van der Waals surface area contributed by atoms with E-state index in [1.54, 1.807) is 0 Å². The summed E-state index contributed by atoms with van der Waals surface area (Å²) in [4.78, 5) is 12.8. The Morgan fingerprint density at radius 3 is 2.04 bits per heavy atom. The summed E-state index contributed by atoms with van der Waals surface area (Å²) in [7, 11) is 0. The molecule has 0 unspecified atom stereocenters. The summed E-state index contributed by atoms with van der Waals surface area (Å²) in [5.41, 5.74) is 0.124. The summed E-state index contributed by atoms with van der Waals surface area (Å²) in [5.74, 6) is 3.44. The maximum atomic E-state index is 12.8. The molecule has 28 heavy (non-hydrogen) atoms. The molecular formula is C24H40N2O2. The Hall–Kier alpha value is -0.770. The Labute approximate surface area is 170 Å². The second-order valence-electron chi connectivity index (χ2n) is 11.1. The third kappa shape index (κ3) is 4.37. The molecule has 4 nitrogen and oxygen atoms in total. The molecule has 4 heteroatoms. The van der Waals surface area contributed by atoms with Crippen molar-refractivity contribution in [2.75, 3.05) is 6.61 Å². The number of carbonyl (C=O) groups excluding carboxylic acids is 1. The van der Waals surface area contributed by atoms with Crippen LogP contribution in [0.5, 0.6) is 0 Å². The van der Waals surface area contributed by atoms with Gasteiger partial charge in [0.1, 0.15) is 0 Å². The first-order valence-corrected chi connectivity index (χ1v) is 12.4. The Morgan fingerprint density at radius 1 is 0.821 bits per heavy atom. The van der Waals surface area contributed by atoms with Crippen molar-refractivity contribution in [1.29, 1.82) is 0 Å². The van der Waals surface area contributed by atoms with Crippen LogP contribution in [0.3, 0.4) is 0 Å². The van der Waals surface area contributed by atoms with Gasteiger partial charge in [0.2, 0.25) is 0 Å². The quantitative estimate of drug-likeness (QED) is 0.683. The SMILES string of the molecule is O=C(NC12CC3CC(CC(C3)C1)C2)N[C@H]1CC[C@H](OCC2CCCCC2)CC1. The molecule has 158 valence electrons. The zero-order valence-corrected chi connectivity index (χ0v) is 17.6. The molecule has 0 radical (unpaired) electrons. The van der Waals surface area contributed by atoms with E-state index in [1.165, 1.54) is 70.6 Å². The highest BCUT2D eigenvalue weighted by atomic mass is 16.5. The predicted molar refractivity (Wildman–Crippen MR) is 111 cm³/mol. The van der Waals surface area contributed by atoms with Crippen LogP contribution in [0.2, 0.25) is 0 Å². The fraction of sp³-hybridized carbons (Fsp3) is 0.958. The van der Waals surface area contributed by atoms with Crippen molar-refractivity contribution < 1.29 is 9.53 Å². The molecule has 0 atom stereocenters. The Bertz CT molecular complexity index is 514. The molecule has 2 N–H and O–H groups in total. The van der Waals surface area contributed by atoms with Gasteiger partial charge in [0.15, 0.2) is 0 Å². The molecule has 0 aliphatic heterocycles. The zero-order chi connectivity index (χ0) is 19.0. The van der Waals surface area contributed by atoms with Crippen LogP contribution in [0.15, 0.2) is 0 Å². The first-order valence-electron chi connectivity index (χ1n) is 12.4. The van der Waals surface area contributed by atoms with E-state index in [4.69, 9.17) is 4.74 Å². The second kappa shape index (κ2) is 8.16. The molecule has 6 aliphatic carbocycles. The van der Waals surface area contributed by atoms with E-state index in [0.29, 0.717) is 12.1 Å². The van der Waals surface area contributed by atoms with Crippen LogP contribution >= 0.6 is 0 Å². The largest absolute Gasteiger partial charge is 0.378 e. The molecule has 6 fully saturated rings. The molecule has 0 aromatic carbocycles. The lowest BCUT2D eigenvalue weighted by Gasteiger charge is -2.56. The molecule has 0 spiro atoms. The fourth-order valence-electron chi connectivity index (χ4n) is 7.73. The second-order valence-corrected chi connectivity index (χ2v) is 11.1. The van der Waals surface area contributed by atoms with Gasteiger partial charge in [-0.2, -0.15) is 0 Å². The Morgan fingerprint density at radius 2 is 1.43 bits per heavy atom. The van der Waals surface area contributed by atoms with E-state index in [2.05, 4.69) is 10.6 Å². The molecule has 0 aromatic rings. The maximum Gasteiger partial charge on any atom is 0.315 e. The molecular weight excluding hydrogens is 348 g/mol. The number of rotatable bonds is 5. The molecule has 0 heterocycles. The van der Waals surface area contributed by atoms with Crippen molar-refractivity contribution >= 4 is 6.03 Å². The van der Waals surface area contributed by atoms with Crippen LogP contribution in [0.1, 0.15) is 96.3 Å². The minimum atomic E-state index is 0.105. The minimum Gasteiger partial charge on any atom is -0.378 e. The van der Waals surface area contributed by atoms with Crippen molar-refractivity contribution in [3.8, 4) is 0 Å². The molecule has 6 aliphatic rings. The Balaban J connectivity index is 1.03. The normalized spacial score (nSPS) is 43.1. The van der Waals surface area contributed by atoms with Crippen molar-refractivity contribution in [2.24, 2.45) is 23.7 Å². The number of hydrogen-bond acceptors (Lipinski definition) is 2. The number of nitrogens with one attached hydrogen (secondary N) is 2. The highest BCUT2D eigenvalue weighted by molar-refractivity contribution is 5.75. The van der Waals surface area contributed by atoms with Crippen LogP contribution in [0.25, 0.3) is 0 Å². The average Bonchev–Trinajstić information content (AvgIpc) is 2.67. The molecule has 2 amide bonds. The van der Waals surface area contributed by atoms with Gasteiger partial charge in [0, 0.05) is 18.2 Å². The standard InChI is InChI=1S/C24H40N2O2/c27-23(26-24-13-18-10-19(14-24)12-20(11-18)15-24)25-21-6-8-22(9-7-21)28-16-17-4-2-1-3-5-17/h17-22H,1-16H2,(H2,25,26,27)/t18?,19?,20?,21-,22-,24?. The third-order valence-corrected chi connectivity index (χ3v) is 8.72. The summed E-state index contributed by atoms with van der Waals surface area (Å²) < 4.78 is 6.24. The topological polar surface area (TPSA) is 50.4 Å². The number of hydrogen-bond donors (Lipinski definition) is 2. The van der Waals surface area contributed by atoms with E-state index in [1.807, 2.05) is 0 Å². The maximum absolute atomic E-state index is 12.8. The lowest BCUT2D eigenvalue weighted by atomic mass is 9.53. The van der Waals surface area contributed by atoms with Gasteiger partial charge in [0.05, 0.1) is 6.10 Å². The minimum absolute atomic E-state index is 0.105. The van der Waals surface area contributed by atoms with Gasteiger partial charge < -0.3 is 15.4 Å². The van der Waals surface area contributed by atoms with E-state index in [9.17, 15) is 4.79 Å². The molecule has 4 bridgehead atoms. The van der Waals surface area contributed by atoms with Gasteiger partial charge in [-0.15, -0.1) is 0 Å². The summed E-state index contributed by atoms with van der Waals surface area (Å²) in [6.07, 6.45) is 19.7. The smallest absolute Gasteiger partial charge is 0.315 e. The van der Waals surface area contributed by atoms with E-state index >= 15 is 0 Å². The predicted octanol–water partition coefficient (Wildman–Crippen LogP) is 5.16. The Kier molecular flexibility index (Phi) is 5.60. The molecule has 6 saturated carbocycles. The lowest BCUT2D eigenvalue weighted by Crippen LogP contribution is -2.62. The van der Waals surface area contributed by atoms with Crippen molar-refractivity contribution in [2.45, 2.75) is 114 Å². The average molecular weight is 389 g/mol. The van der Waals surface area contributed by atoms with Crippen molar-refractivity contribution in [1.82, 2.24) is 10.6 Å². The molecule has 6 rings (SSSR count). The van der Waals surface area contributed by atoms with E-state index in [0.717, 1.165) is 56.0 Å². The van der Waals surface area contributed by atoms with Crippen molar-refractivity contribution in [3.63, 3.8) is 0 Å². The fourth-order valence-corrected chi connectivity index (χ4v) is 7.73. The van der Waals surface area contributed by atoms with Gasteiger partial charge in [-0.05, 0) is 101 Å². The van der Waals surface area contributed by atoms with Gasteiger partial charge in [0.25, 0.3) is 0 Å². The lowest BCUT2D eigenvalue weighted by molar-refractivity contribution is -0.0147. The van der Waals surface area contributed by atoms with Crippen LogP contribution < -0.4 is 10.6 Å².